The van der Waals surface area contributed by atoms with Gasteiger partial charge in [0.15, 0.2) is 11.5 Å². The minimum Gasteiger partial charge on any atom is -0.493 e. The van der Waals surface area contributed by atoms with Crippen LogP contribution in [0.15, 0.2) is 49.1 Å². The van der Waals surface area contributed by atoms with Crippen LogP contribution in [-0.2, 0) is 13.1 Å². The van der Waals surface area contributed by atoms with Crippen molar-refractivity contribution in [2.45, 2.75) is 13.1 Å². The Hall–Kier alpha value is -3.06. The molecule has 2 aromatic carbocycles. The third kappa shape index (κ3) is 3.27. The van der Waals surface area contributed by atoms with Crippen LogP contribution < -0.4 is 19.5 Å². The molecular weight excluding hydrogens is 320 g/mol. The summed E-state index contributed by atoms with van der Waals surface area (Å²) in [5, 5.41) is 7.55. The zero-order valence-electron chi connectivity index (χ0n) is 13.8. The van der Waals surface area contributed by atoms with Crippen LogP contribution in [-0.4, -0.2) is 28.7 Å². The lowest BCUT2D eigenvalue weighted by Crippen LogP contribution is -2.12. The van der Waals surface area contributed by atoms with Crippen molar-refractivity contribution in [3.05, 3.63) is 60.2 Å². The summed E-state index contributed by atoms with van der Waals surface area (Å²) in [4.78, 5) is 3.95. The van der Waals surface area contributed by atoms with Gasteiger partial charge in [0.2, 0.25) is 12.5 Å². The second-order valence-electron chi connectivity index (χ2n) is 5.64. The van der Waals surface area contributed by atoms with Crippen LogP contribution in [0.5, 0.6) is 17.2 Å². The minimum atomic E-state index is 0.237. The largest absolute Gasteiger partial charge is 0.493 e. The SMILES string of the molecule is COc1cc(CNCc2ccc(-n3cncn3)cc2)cc2c1OCO2. The van der Waals surface area contributed by atoms with Gasteiger partial charge >= 0.3 is 0 Å². The lowest BCUT2D eigenvalue weighted by atomic mass is 10.1. The van der Waals surface area contributed by atoms with Gasteiger partial charge in [0.25, 0.3) is 0 Å². The van der Waals surface area contributed by atoms with E-state index in [1.807, 2.05) is 24.3 Å². The number of nitrogens with one attached hydrogen (secondary N) is 1. The summed E-state index contributed by atoms with van der Waals surface area (Å²) < 4.78 is 18.0. The van der Waals surface area contributed by atoms with Crippen molar-refractivity contribution >= 4 is 0 Å². The summed E-state index contributed by atoms with van der Waals surface area (Å²) in [6.07, 6.45) is 3.20. The van der Waals surface area contributed by atoms with Gasteiger partial charge in [-0.1, -0.05) is 12.1 Å². The summed E-state index contributed by atoms with van der Waals surface area (Å²) in [5.74, 6) is 2.10. The predicted octanol–water partition coefficient (Wildman–Crippen LogP) is 2.29. The van der Waals surface area contributed by atoms with Crippen LogP contribution in [0.3, 0.4) is 0 Å². The van der Waals surface area contributed by atoms with E-state index in [1.165, 1.54) is 11.9 Å². The van der Waals surface area contributed by atoms with Crippen LogP contribution in [0.25, 0.3) is 5.69 Å². The summed E-state index contributed by atoms with van der Waals surface area (Å²) in [5.41, 5.74) is 3.26. The Morgan fingerprint density at radius 3 is 2.72 bits per heavy atom. The summed E-state index contributed by atoms with van der Waals surface area (Å²) in [7, 11) is 1.63. The van der Waals surface area contributed by atoms with Crippen LogP contribution in [0.4, 0.5) is 0 Å². The highest BCUT2D eigenvalue weighted by molar-refractivity contribution is 5.55. The highest BCUT2D eigenvalue weighted by Gasteiger charge is 2.19. The molecule has 0 aliphatic carbocycles. The highest BCUT2D eigenvalue weighted by atomic mass is 16.7. The first-order valence-electron chi connectivity index (χ1n) is 7.94. The molecule has 0 atom stereocenters. The van der Waals surface area contributed by atoms with Crippen LogP contribution in [0.1, 0.15) is 11.1 Å². The smallest absolute Gasteiger partial charge is 0.231 e. The molecule has 1 aromatic heterocycles. The normalized spacial score (nSPS) is 12.4. The molecule has 1 N–H and O–H groups in total. The summed E-state index contributed by atoms with van der Waals surface area (Å²) in [6, 6.07) is 12.1. The van der Waals surface area contributed by atoms with Gasteiger partial charge in [0.1, 0.15) is 12.7 Å². The molecule has 0 unspecified atom stereocenters. The highest BCUT2D eigenvalue weighted by Crippen LogP contribution is 2.41. The Morgan fingerprint density at radius 1 is 1.12 bits per heavy atom. The Bertz CT molecular complexity index is 848. The number of rotatable bonds is 6. The molecule has 1 aliphatic rings. The molecule has 0 saturated heterocycles. The maximum Gasteiger partial charge on any atom is 0.231 e. The van der Waals surface area contributed by atoms with Crippen molar-refractivity contribution < 1.29 is 14.2 Å². The van der Waals surface area contributed by atoms with Crippen molar-refractivity contribution in [1.82, 2.24) is 20.1 Å². The molecule has 1 aliphatic heterocycles. The van der Waals surface area contributed by atoms with Gasteiger partial charge in [0, 0.05) is 13.1 Å². The number of ether oxygens (including phenoxy) is 3. The van der Waals surface area contributed by atoms with Crippen molar-refractivity contribution in [2.75, 3.05) is 13.9 Å². The molecule has 0 amide bonds. The number of methoxy groups -OCH3 is 1. The van der Waals surface area contributed by atoms with Crippen molar-refractivity contribution in [2.24, 2.45) is 0 Å². The third-order valence-corrected chi connectivity index (χ3v) is 4.00. The first kappa shape index (κ1) is 15.5. The molecule has 0 radical (unpaired) electrons. The minimum absolute atomic E-state index is 0.237. The fourth-order valence-electron chi connectivity index (χ4n) is 2.75. The van der Waals surface area contributed by atoms with Gasteiger partial charge in [-0.25, -0.2) is 9.67 Å². The van der Waals surface area contributed by atoms with E-state index in [0.717, 1.165) is 23.5 Å². The number of hydrogen-bond donors (Lipinski definition) is 1. The molecule has 2 heterocycles. The molecule has 128 valence electrons. The van der Waals surface area contributed by atoms with Crippen molar-refractivity contribution in [3.8, 4) is 22.9 Å². The maximum absolute atomic E-state index is 5.45. The first-order valence-corrected chi connectivity index (χ1v) is 7.94. The third-order valence-electron chi connectivity index (χ3n) is 4.00. The van der Waals surface area contributed by atoms with E-state index in [9.17, 15) is 0 Å². The van der Waals surface area contributed by atoms with E-state index >= 15 is 0 Å². The summed E-state index contributed by atoms with van der Waals surface area (Å²) in [6.45, 7) is 1.70. The zero-order valence-corrected chi connectivity index (χ0v) is 13.8. The quantitative estimate of drug-likeness (QED) is 0.744. The van der Waals surface area contributed by atoms with E-state index in [1.54, 1.807) is 18.1 Å². The molecule has 0 bridgehead atoms. The van der Waals surface area contributed by atoms with Crippen LogP contribution >= 0.6 is 0 Å². The molecule has 0 saturated carbocycles. The van der Waals surface area contributed by atoms with Crippen LogP contribution in [0, 0.1) is 0 Å². The predicted molar refractivity (Wildman–Crippen MR) is 91.0 cm³/mol. The van der Waals surface area contributed by atoms with Crippen molar-refractivity contribution in [1.29, 1.82) is 0 Å². The van der Waals surface area contributed by atoms with E-state index in [0.29, 0.717) is 18.0 Å². The van der Waals surface area contributed by atoms with Gasteiger partial charge in [-0.05, 0) is 35.4 Å². The average Bonchev–Trinajstić information content (AvgIpc) is 3.33. The number of benzene rings is 2. The van der Waals surface area contributed by atoms with E-state index in [-0.39, 0.29) is 6.79 Å². The Balaban J connectivity index is 1.38. The van der Waals surface area contributed by atoms with Crippen LogP contribution in [0.2, 0.25) is 0 Å². The first-order chi connectivity index (χ1) is 12.3. The average molecular weight is 338 g/mol. The molecule has 7 nitrogen and oxygen atoms in total. The van der Waals surface area contributed by atoms with Gasteiger partial charge in [-0.3, -0.25) is 0 Å². The fraction of sp³-hybridized carbons (Fsp3) is 0.222. The Kier molecular flexibility index (Phi) is 4.22. The monoisotopic (exact) mass is 338 g/mol. The molecule has 25 heavy (non-hydrogen) atoms. The molecule has 0 fully saturated rings. The summed E-state index contributed by atoms with van der Waals surface area (Å²) >= 11 is 0. The molecule has 0 spiro atoms. The van der Waals surface area contributed by atoms with E-state index in [4.69, 9.17) is 14.2 Å². The number of hydrogen-bond acceptors (Lipinski definition) is 6. The number of fused-ring (bicyclic) bond motifs is 1. The Labute approximate surface area is 145 Å². The molecule has 3 aromatic rings. The standard InChI is InChI=1S/C18H18N4O3/c1-23-16-6-14(7-17-18(16)25-12-24-17)9-19-8-13-2-4-15(5-3-13)22-11-20-10-21-22/h2-7,10-11,19H,8-9,12H2,1H3. The number of aromatic nitrogens is 3. The van der Waals surface area contributed by atoms with Gasteiger partial charge in [0.05, 0.1) is 12.8 Å². The topological polar surface area (TPSA) is 70.4 Å². The van der Waals surface area contributed by atoms with Gasteiger partial charge < -0.3 is 19.5 Å². The molecule has 7 heteroatoms. The zero-order chi connectivity index (χ0) is 17.1. The van der Waals surface area contributed by atoms with Gasteiger partial charge in [-0.2, -0.15) is 5.10 Å². The number of nitrogens with zero attached hydrogens (tertiary/aromatic N) is 3. The second-order valence-corrected chi connectivity index (χ2v) is 5.64. The lowest BCUT2D eigenvalue weighted by Gasteiger charge is -2.10. The molecular formula is C18H18N4O3. The van der Waals surface area contributed by atoms with E-state index < -0.39 is 0 Å². The lowest BCUT2D eigenvalue weighted by molar-refractivity contribution is 0.171. The van der Waals surface area contributed by atoms with Gasteiger partial charge in [-0.15, -0.1) is 0 Å². The fourth-order valence-corrected chi connectivity index (χ4v) is 2.75. The maximum atomic E-state index is 5.45. The van der Waals surface area contributed by atoms with Crippen molar-refractivity contribution in [3.63, 3.8) is 0 Å². The Morgan fingerprint density at radius 2 is 1.96 bits per heavy atom. The second kappa shape index (κ2) is 6.82. The van der Waals surface area contributed by atoms with E-state index in [2.05, 4.69) is 27.5 Å². The molecule has 4 rings (SSSR count).